The molecule has 0 radical (unpaired) electrons. The van der Waals surface area contributed by atoms with Crippen molar-refractivity contribution in [1.82, 2.24) is 0 Å². The molecule has 2 nitrogen and oxygen atoms in total. The van der Waals surface area contributed by atoms with Gasteiger partial charge >= 0.3 is 0 Å². The van der Waals surface area contributed by atoms with Crippen LogP contribution in [0.2, 0.25) is 0 Å². The number of para-hydroxylation sites is 2. The van der Waals surface area contributed by atoms with E-state index in [1.54, 1.807) is 0 Å². The number of fused-ring (bicyclic) bond motifs is 8. The number of rotatable bonds is 5. The molecule has 1 aromatic heterocycles. The maximum absolute atomic E-state index is 6.59. The lowest BCUT2D eigenvalue weighted by molar-refractivity contribution is 0.670. The summed E-state index contributed by atoms with van der Waals surface area (Å²) in [6.07, 6.45) is 0. The predicted octanol–water partition coefficient (Wildman–Crippen LogP) is 13.8. The maximum Gasteiger partial charge on any atom is 0.143 e. The zero-order valence-electron chi connectivity index (χ0n) is 27.3. The average molecular weight is 638 g/mol. The molecule has 0 atom stereocenters. The van der Waals surface area contributed by atoms with Gasteiger partial charge in [-0.05, 0) is 85.9 Å². The molecule has 0 N–H and O–H groups in total. The van der Waals surface area contributed by atoms with Crippen molar-refractivity contribution in [3.63, 3.8) is 0 Å². The van der Waals surface area contributed by atoms with E-state index in [4.69, 9.17) is 4.42 Å². The van der Waals surface area contributed by atoms with Crippen molar-refractivity contribution in [2.24, 2.45) is 0 Å². The largest absolute Gasteiger partial charge is 0.455 e. The molecule has 0 saturated carbocycles. The van der Waals surface area contributed by atoms with E-state index < -0.39 is 0 Å². The molecule has 0 amide bonds. The SMILES string of the molecule is c1ccc(-c2ccccc2N(c2ccc(-c3cc4ccccc4c4c3oc3ccccc34)cc2)c2ccc3c(ccc4ccccc43)c2)cc1. The summed E-state index contributed by atoms with van der Waals surface area (Å²) in [6.45, 7) is 0. The van der Waals surface area contributed by atoms with Crippen molar-refractivity contribution in [2.45, 2.75) is 0 Å². The van der Waals surface area contributed by atoms with E-state index in [0.29, 0.717) is 0 Å². The molecule has 9 aromatic carbocycles. The third-order valence-corrected chi connectivity index (χ3v) is 10.0. The molecule has 50 heavy (non-hydrogen) atoms. The van der Waals surface area contributed by atoms with Crippen molar-refractivity contribution >= 4 is 71.3 Å². The Labute approximate surface area is 290 Å². The summed E-state index contributed by atoms with van der Waals surface area (Å²) in [5, 5.41) is 9.71. The molecule has 1 heterocycles. The summed E-state index contributed by atoms with van der Waals surface area (Å²) < 4.78 is 6.59. The van der Waals surface area contributed by atoms with E-state index in [-0.39, 0.29) is 0 Å². The molecule has 0 unspecified atom stereocenters. The van der Waals surface area contributed by atoms with Crippen LogP contribution in [0.5, 0.6) is 0 Å². The van der Waals surface area contributed by atoms with E-state index in [2.05, 4.69) is 187 Å². The highest BCUT2D eigenvalue weighted by Gasteiger charge is 2.20. The molecule has 0 fully saturated rings. The van der Waals surface area contributed by atoms with Gasteiger partial charge < -0.3 is 9.32 Å². The lowest BCUT2D eigenvalue weighted by Gasteiger charge is -2.28. The zero-order chi connectivity index (χ0) is 33.0. The quantitative estimate of drug-likeness (QED) is 0.175. The fraction of sp³-hybridized carbons (Fsp3) is 0. The second-order valence-electron chi connectivity index (χ2n) is 12.9. The molecule has 0 bridgehead atoms. The van der Waals surface area contributed by atoms with Crippen LogP contribution < -0.4 is 4.90 Å². The molecule has 10 aromatic rings. The molecule has 2 heteroatoms. The second kappa shape index (κ2) is 11.5. The Balaban J connectivity index is 1.17. The van der Waals surface area contributed by atoms with E-state index in [0.717, 1.165) is 44.7 Å². The first-order valence-electron chi connectivity index (χ1n) is 17.1. The fourth-order valence-corrected chi connectivity index (χ4v) is 7.68. The minimum Gasteiger partial charge on any atom is -0.455 e. The highest BCUT2D eigenvalue weighted by atomic mass is 16.3. The average Bonchev–Trinajstić information content (AvgIpc) is 3.59. The minimum absolute atomic E-state index is 0.907. The first-order valence-corrected chi connectivity index (χ1v) is 17.1. The van der Waals surface area contributed by atoms with Crippen molar-refractivity contribution in [2.75, 3.05) is 4.90 Å². The molecule has 0 aliphatic rings. The monoisotopic (exact) mass is 637 g/mol. The number of benzene rings is 9. The normalized spacial score (nSPS) is 11.6. The summed E-state index contributed by atoms with van der Waals surface area (Å²) in [5.41, 5.74) is 9.70. The molecule has 0 aliphatic carbocycles. The van der Waals surface area contributed by atoms with Crippen molar-refractivity contribution in [1.29, 1.82) is 0 Å². The molecular weight excluding hydrogens is 607 g/mol. The first kappa shape index (κ1) is 28.4. The standard InChI is InChI=1S/C48H31NO/c1-2-12-32(13-3-1)41-17-8-10-20-45(41)49(38-28-29-40-36(30-38)23-22-33-14-4-6-16-39(33)40)37-26-24-34(25-27-37)44-31-35-15-5-7-18-42(35)47-43-19-9-11-21-46(43)50-48(44)47/h1-31H. The van der Waals surface area contributed by atoms with Crippen LogP contribution in [0.1, 0.15) is 0 Å². The van der Waals surface area contributed by atoms with E-state index in [9.17, 15) is 0 Å². The Kier molecular flexibility index (Phi) is 6.53. The number of furan rings is 1. The van der Waals surface area contributed by atoms with Gasteiger partial charge in [0.2, 0.25) is 0 Å². The van der Waals surface area contributed by atoms with E-state index >= 15 is 0 Å². The van der Waals surface area contributed by atoms with Gasteiger partial charge in [-0.1, -0.05) is 146 Å². The topological polar surface area (TPSA) is 16.4 Å². The van der Waals surface area contributed by atoms with Crippen LogP contribution in [-0.2, 0) is 0 Å². The van der Waals surface area contributed by atoms with Crippen molar-refractivity contribution < 1.29 is 4.42 Å². The molecule has 234 valence electrons. The van der Waals surface area contributed by atoms with Gasteiger partial charge in [0.05, 0.1) is 5.69 Å². The van der Waals surface area contributed by atoms with Crippen LogP contribution in [0, 0.1) is 0 Å². The van der Waals surface area contributed by atoms with Crippen LogP contribution in [0.15, 0.2) is 192 Å². The van der Waals surface area contributed by atoms with Gasteiger partial charge in [0.15, 0.2) is 0 Å². The number of anilines is 3. The van der Waals surface area contributed by atoms with Gasteiger partial charge in [-0.2, -0.15) is 0 Å². The summed E-state index contributed by atoms with van der Waals surface area (Å²) in [6, 6.07) is 67.4. The number of hydrogen-bond acceptors (Lipinski definition) is 2. The molecule has 0 spiro atoms. The van der Waals surface area contributed by atoms with Crippen LogP contribution in [-0.4, -0.2) is 0 Å². The molecular formula is C48H31NO. The first-order chi connectivity index (χ1) is 24.8. The Hall–Kier alpha value is -6.64. The van der Waals surface area contributed by atoms with Crippen molar-refractivity contribution in [3.05, 3.63) is 188 Å². The third kappa shape index (κ3) is 4.57. The van der Waals surface area contributed by atoms with Crippen LogP contribution in [0.25, 0.3) is 76.5 Å². The Bertz CT molecular complexity index is 2870. The molecule has 0 aliphatic heterocycles. The molecule has 0 saturated heterocycles. The number of hydrogen-bond donors (Lipinski definition) is 0. The van der Waals surface area contributed by atoms with Gasteiger partial charge in [0, 0.05) is 33.3 Å². The van der Waals surface area contributed by atoms with Gasteiger partial charge in [-0.15, -0.1) is 0 Å². The fourth-order valence-electron chi connectivity index (χ4n) is 7.68. The summed E-state index contributed by atoms with van der Waals surface area (Å²) in [7, 11) is 0. The highest BCUT2D eigenvalue weighted by molar-refractivity contribution is 6.22. The van der Waals surface area contributed by atoms with Gasteiger partial charge in [-0.25, -0.2) is 0 Å². The highest BCUT2D eigenvalue weighted by Crippen LogP contribution is 2.44. The maximum atomic E-state index is 6.59. The van der Waals surface area contributed by atoms with Gasteiger partial charge in [-0.3, -0.25) is 0 Å². The Morgan fingerprint density at radius 3 is 1.82 bits per heavy atom. The van der Waals surface area contributed by atoms with Crippen LogP contribution in [0.4, 0.5) is 17.1 Å². The van der Waals surface area contributed by atoms with Crippen LogP contribution >= 0.6 is 0 Å². The van der Waals surface area contributed by atoms with Crippen molar-refractivity contribution in [3.8, 4) is 22.3 Å². The summed E-state index contributed by atoms with van der Waals surface area (Å²) in [4.78, 5) is 2.39. The van der Waals surface area contributed by atoms with E-state index in [1.807, 2.05) is 6.07 Å². The predicted molar refractivity (Wildman–Crippen MR) is 212 cm³/mol. The Morgan fingerprint density at radius 2 is 0.960 bits per heavy atom. The van der Waals surface area contributed by atoms with Crippen LogP contribution in [0.3, 0.4) is 0 Å². The lowest BCUT2D eigenvalue weighted by Crippen LogP contribution is -2.11. The second-order valence-corrected chi connectivity index (χ2v) is 12.9. The minimum atomic E-state index is 0.907. The zero-order valence-corrected chi connectivity index (χ0v) is 27.3. The smallest absolute Gasteiger partial charge is 0.143 e. The van der Waals surface area contributed by atoms with Gasteiger partial charge in [0.25, 0.3) is 0 Å². The van der Waals surface area contributed by atoms with E-state index in [1.165, 1.54) is 48.8 Å². The van der Waals surface area contributed by atoms with Gasteiger partial charge in [0.1, 0.15) is 11.2 Å². The summed E-state index contributed by atoms with van der Waals surface area (Å²) >= 11 is 0. The molecule has 10 rings (SSSR count). The third-order valence-electron chi connectivity index (χ3n) is 10.0. The summed E-state index contributed by atoms with van der Waals surface area (Å²) in [5.74, 6) is 0. The Morgan fingerprint density at radius 1 is 0.360 bits per heavy atom. The number of nitrogens with zero attached hydrogens (tertiary/aromatic N) is 1. The lowest BCUT2D eigenvalue weighted by atomic mass is 9.96.